The molecule has 0 spiro atoms. The largest absolute Gasteiger partial charge is 0.490 e. The Morgan fingerprint density at radius 1 is 1.00 bits per heavy atom. The molecule has 1 heterocycles. The Labute approximate surface area is 148 Å². The summed E-state index contributed by atoms with van der Waals surface area (Å²) in [6.45, 7) is 6.34. The average molecular weight is 339 g/mol. The van der Waals surface area contributed by atoms with Crippen molar-refractivity contribution in [2.45, 2.75) is 33.4 Å². The monoisotopic (exact) mass is 339 g/mol. The molecule has 0 fully saturated rings. The summed E-state index contributed by atoms with van der Waals surface area (Å²) in [6, 6.07) is 14.4. The number of fused-ring (bicyclic) bond motifs is 1. The number of imidazole rings is 1. The highest BCUT2D eigenvalue weighted by Crippen LogP contribution is 2.33. The van der Waals surface area contributed by atoms with E-state index in [2.05, 4.69) is 33.8 Å². The van der Waals surface area contributed by atoms with Crippen molar-refractivity contribution in [3.05, 3.63) is 53.9 Å². The molecule has 0 radical (unpaired) electrons. The van der Waals surface area contributed by atoms with Crippen LogP contribution in [0, 0.1) is 0 Å². The minimum Gasteiger partial charge on any atom is -0.490 e. The van der Waals surface area contributed by atoms with Crippen molar-refractivity contribution in [1.29, 1.82) is 0 Å². The van der Waals surface area contributed by atoms with Gasteiger partial charge in [-0.1, -0.05) is 30.3 Å². The van der Waals surface area contributed by atoms with Gasteiger partial charge in [0, 0.05) is 18.7 Å². The second-order valence-electron chi connectivity index (χ2n) is 5.77. The summed E-state index contributed by atoms with van der Waals surface area (Å²) in [5.41, 5.74) is 9.15. The fraction of sp³-hybridized carbons (Fsp3) is 0.350. The van der Waals surface area contributed by atoms with Crippen LogP contribution in [0.1, 0.15) is 25.2 Å². The Balaban J connectivity index is 1.99. The number of aryl methyl sites for hydroxylation is 2. The average Bonchev–Trinajstić information content (AvgIpc) is 2.98. The van der Waals surface area contributed by atoms with Gasteiger partial charge in [0.1, 0.15) is 5.82 Å². The summed E-state index contributed by atoms with van der Waals surface area (Å²) in [4.78, 5) is 4.69. The summed E-state index contributed by atoms with van der Waals surface area (Å²) < 4.78 is 13.6. The summed E-state index contributed by atoms with van der Waals surface area (Å²) in [5.74, 6) is 2.36. The molecule has 25 heavy (non-hydrogen) atoms. The van der Waals surface area contributed by atoms with Gasteiger partial charge in [-0.05, 0) is 25.8 Å². The van der Waals surface area contributed by atoms with Gasteiger partial charge in [0.25, 0.3) is 0 Å². The molecule has 3 aromatic rings. The lowest BCUT2D eigenvalue weighted by atomic mass is 10.1. The van der Waals surface area contributed by atoms with Crippen LogP contribution in [0.15, 0.2) is 42.5 Å². The minimum absolute atomic E-state index is 0.400. The lowest BCUT2D eigenvalue weighted by Gasteiger charge is -2.12. The van der Waals surface area contributed by atoms with Crippen LogP contribution in [0.3, 0.4) is 0 Å². The normalized spacial score (nSPS) is 11.0. The standard InChI is InChI=1S/C20H25N3O2/c1-3-24-18-12-16-17(13-19(18)25-4-2)23(20(14-21)22-16)11-10-15-8-6-5-7-9-15/h5-9,12-13H,3-4,10-11,14,21H2,1-2H3. The first kappa shape index (κ1) is 17.3. The lowest BCUT2D eigenvalue weighted by molar-refractivity contribution is 0.288. The number of nitrogens with zero attached hydrogens (tertiary/aromatic N) is 2. The van der Waals surface area contributed by atoms with Gasteiger partial charge in [0.2, 0.25) is 0 Å². The smallest absolute Gasteiger partial charge is 0.163 e. The first-order valence-electron chi connectivity index (χ1n) is 8.79. The van der Waals surface area contributed by atoms with Crippen molar-refractivity contribution >= 4 is 11.0 Å². The summed E-state index contributed by atoms with van der Waals surface area (Å²) in [6.07, 6.45) is 0.927. The molecule has 1 aromatic heterocycles. The highest BCUT2D eigenvalue weighted by molar-refractivity contribution is 5.80. The van der Waals surface area contributed by atoms with Gasteiger partial charge in [-0.2, -0.15) is 0 Å². The Morgan fingerprint density at radius 3 is 2.32 bits per heavy atom. The van der Waals surface area contributed by atoms with Crippen LogP contribution in [0.25, 0.3) is 11.0 Å². The second-order valence-corrected chi connectivity index (χ2v) is 5.77. The van der Waals surface area contributed by atoms with Gasteiger partial charge in [0.15, 0.2) is 11.5 Å². The van der Waals surface area contributed by atoms with Crippen LogP contribution in [-0.4, -0.2) is 22.8 Å². The SMILES string of the molecule is CCOc1cc2nc(CN)n(CCc3ccccc3)c2cc1OCC. The molecule has 2 aromatic carbocycles. The first-order chi connectivity index (χ1) is 12.3. The number of hydrogen-bond acceptors (Lipinski definition) is 4. The number of ether oxygens (including phenoxy) is 2. The van der Waals surface area contributed by atoms with Crippen LogP contribution >= 0.6 is 0 Å². The van der Waals surface area contributed by atoms with E-state index in [1.54, 1.807) is 0 Å². The molecule has 0 saturated heterocycles. The zero-order valence-electron chi connectivity index (χ0n) is 14.9. The Hall–Kier alpha value is -2.53. The molecule has 132 valence electrons. The molecular weight excluding hydrogens is 314 g/mol. The summed E-state index contributed by atoms with van der Waals surface area (Å²) >= 11 is 0. The third-order valence-electron chi connectivity index (χ3n) is 4.14. The number of rotatable bonds is 8. The predicted molar refractivity (Wildman–Crippen MR) is 100 cm³/mol. The van der Waals surface area contributed by atoms with Gasteiger partial charge < -0.3 is 19.8 Å². The number of hydrogen-bond donors (Lipinski definition) is 1. The van der Waals surface area contributed by atoms with Crippen molar-refractivity contribution in [2.75, 3.05) is 13.2 Å². The Kier molecular flexibility index (Phi) is 5.56. The van der Waals surface area contributed by atoms with E-state index in [4.69, 9.17) is 15.2 Å². The van der Waals surface area contributed by atoms with Crippen LogP contribution in [0.5, 0.6) is 11.5 Å². The number of nitrogens with two attached hydrogens (primary N) is 1. The van der Waals surface area contributed by atoms with Crippen LogP contribution < -0.4 is 15.2 Å². The molecule has 0 amide bonds. The highest BCUT2D eigenvalue weighted by Gasteiger charge is 2.15. The third kappa shape index (κ3) is 3.77. The molecule has 3 rings (SSSR count). The molecule has 5 heteroatoms. The molecule has 0 unspecified atom stereocenters. The van der Waals surface area contributed by atoms with Gasteiger partial charge >= 0.3 is 0 Å². The maximum atomic E-state index is 5.93. The van der Waals surface area contributed by atoms with E-state index in [0.717, 1.165) is 41.3 Å². The van der Waals surface area contributed by atoms with Crippen molar-refractivity contribution < 1.29 is 9.47 Å². The van der Waals surface area contributed by atoms with Gasteiger partial charge in [0.05, 0.1) is 30.8 Å². The van der Waals surface area contributed by atoms with Gasteiger partial charge in [-0.15, -0.1) is 0 Å². The van der Waals surface area contributed by atoms with E-state index in [9.17, 15) is 0 Å². The maximum Gasteiger partial charge on any atom is 0.163 e. The Morgan fingerprint density at radius 2 is 1.68 bits per heavy atom. The quantitative estimate of drug-likeness (QED) is 0.682. The zero-order chi connectivity index (χ0) is 17.6. The zero-order valence-corrected chi connectivity index (χ0v) is 14.9. The fourth-order valence-corrected chi connectivity index (χ4v) is 3.01. The molecule has 0 saturated carbocycles. The van der Waals surface area contributed by atoms with Gasteiger partial charge in [-0.3, -0.25) is 0 Å². The van der Waals surface area contributed by atoms with Crippen molar-refractivity contribution in [2.24, 2.45) is 5.73 Å². The summed E-state index contributed by atoms with van der Waals surface area (Å²) in [7, 11) is 0. The van der Waals surface area contributed by atoms with E-state index in [0.29, 0.717) is 19.8 Å². The predicted octanol–water partition coefficient (Wildman–Crippen LogP) is 3.54. The summed E-state index contributed by atoms with van der Waals surface area (Å²) in [5, 5.41) is 0. The van der Waals surface area contributed by atoms with Crippen LogP contribution in [-0.2, 0) is 19.5 Å². The van der Waals surface area contributed by atoms with Crippen molar-refractivity contribution in [1.82, 2.24) is 9.55 Å². The topological polar surface area (TPSA) is 62.3 Å². The second kappa shape index (κ2) is 8.03. The fourth-order valence-electron chi connectivity index (χ4n) is 3.01. The maximum absolute atomic E-state index is 5.93. The third-order valence-corrected chi connectivity index (χ3v) is 4.14. The molecular formula is C20H25N3O2. The van der Waals surface area contributed by atoms with Crippen LogP contribution in [0.2, 0.25) is 0 Å². The lowest BCUT2D eigenvalue weighted by Crippen LogP contribution is -2.10. The molecule has 0 atom stereocenters. The molecule has 0 bridgehead atoms. The van der Waals surface area contributed by atoms with Crippen molar-refractivity contribution in [3.8, 4) is 11.5 Å². The highest BCUT2D eigenvalue weighted by atomic mass is 16.5. The molecule has 5 nitrogen and oxygen atoms in total. The van der Waals surface area contributed by atoms with E-state index in [1.807, 2.05) is 32.0 Å². The van der Waals surface area contributed by atoms with E-state index >= 15 is 0 Å². The van der Waals surface area contributed by atoms with Crippen molar-refractivity contribution in [3.63, 3.8) is 0 Å². The number of aromatic nitrogens is 2. The minimum atomic E-state index is 0.400. The van der Waals surface area contributed by atoms with E-state index < -0.39 is 0 Å². The first-order valence-corrected chi connectivity index (χ1v) is 8.79. The van der Waals surface area contributed by atoms with Crippen LogP contribution in [0.4, 0.5) is 0 Å². The Bertz CT molecular complexity index is 828. The molecule has 0 aliphatic heterocycles. The number of benzene rings is 2. The van der Waals surface area contributed by atoms with E-state index in [1.165, 1.54) is 5.56 Å². The molecule has 0 aliphatic carbocycles. The molecule has 2 N–H and O–H groups in total. The molecule has 0 aliphatic rings. The van der Waals surface area contributed by atoms with E-state index in [-0.39, 0.29) is 0 Å². The van der Waals surface area contributed by atoms with Gasteiger partial charge in [-0.25, -0.2) is 4.98 Å².